The minimum atomic E-state index is 0.959. The maximum Gasteiger partial charge on any atom is -0.00724 e. The maximum absolute atomic E-state index is 3.92. The van der Waals surface area contributed by atoms with Gasteiger partial charge in [-0.15, -0.1) is 0 Å². The number of benzene rings is 1. The monoisotopic (exact) mass is 172 g/mol. The second-order valence-corrected chi connectivity index (χ2v) is 3.61. The molecule has 0 fully saturated rings. The van der Waals surface area contributed by atoms with E-state index in [0.29, 0.717) is 0 Å². The molecule has 0 nitrogen and oxygen atoms in total. The highest BCUT2D eigenvalue weighted by molar-refractivity contribution is 5.61. The summed E-state index contributed by atoms with van der Waals surface area (Å²) in [5, 5.41) is 0. The molecule has 1 aromatic carbocycles. The number of hydrogen-bond donors (Lipinski definition) is 0. The summed E-state index contributed by atoms with van der Waals surface area (Å²) >= 11 is 0. The average molecular weight is 172 g/mol. The van der Waals surface area contributed by atoms with Crippen molar-refractivity contribution >= 4 is 5.57 Å². The van der Waals surface area contributed by atoms with Crippen molar-refractivity contribution in [1.29, 1.82) is 0 Å². The zero-order valence-corrected chi connectivity index (χ0v) is 8.43. The fourth-order valence-corrected chi connectivity index (χ4v) is 1.30. The van der Waals surface area contributed by atoms with Crippen molar-refractivity contribution in [1.82, 2.24) is 0 Å². The Kier molecular flexibility index (Phi) is 3.07. The van der Waals surface area contributed by atoms with Gasteiger partial charge in [-0.25, -0.2) is 0 Å². The third-order valence-corrected chi connectivity index (χ3v) is 1.93. The Hall–Kier alpha value is -1.30. The van der Waals surface area contributed by atoms with Gasteiger partial charge in [0, 0.05) is 0 Å². The van der Waals surface area contributed by atoms with Crippen LogP contribution >= 0.6 is 0 Å². The highest BCUT2D eigenvalue weighted by Crippen LogP contribution is 2.15. The van der Waals surface area contributed by atoms with E-state index in [2.05, 4.69) is 37.4 Å². The SMILES string of the molecule is C=C(C)Cc1cccc(C(=C)C)c1. The maximum atomic E-state index is 3.92. The Labute approximate surface area is 80.6 Å². The van der Waals surface area contributed by atoms with Crippen molar-refractivity contribution in [3.8, 4) is 0 Å². The first-order valence-electron chi connectivity index (χ1n) is 4.49. The fourth-order valence-electron chi connectivity index (χ4n) is 1.30. The molecule has 0 bridgehead atoms. The lowest BCUT2D eigenvalue weighted by atomic mass is 10.0. The third-order valence-electron chi connectivity index (χ3n) is 1.93. The van der Waals surface area contributed by atoms with Crippen LogP contribution in [0.3, 0.4) is 0 Å². The van der Waals surface area contributed by atoms with Gasteiger partial charge in [0.25, 0.3) is 0 Å². The zero-order valence-electron chi connectivity index (χ0n) is 8.43. The van der Waals surface area contributed by atoms with Crippen molar-refractivity contribution in [2.75, 3.05) is 0 Å². The molecule has 68 valence electrons. The van der Waals surface area contributed by atoms with Crippen LogP contribution in [0.4, 0.5) is 0 Å². The van der Waals surface area contributed by atoms with Crippen LogP contribution in [-0.2, 0) is 6.42 Å². The Morgan fingerprint density at radius 2 is 1.92 bits per heavy atom. The van der Waals surface area contributed by atoms with Crippen molar-refractivity contribution in [3.05, 3.63) is 54.1 Å². The van der Waals surface area contributed by atoms with Gasteiger partial charge in [-0.3, -0.25) is 0 Å². The summed E-state index contributed by atoms with van der Waals surface area (Å²) in [5.74, 6) is 0. The first kappa shape index (κ1) is 9.79. The van der Waals surface area contributed by atoms with Crippen LogP contribution in [0.1, 0.15) is 25.0 Å². The lowest BCUT2D eigenvalue weighted by Gasteiger charge is -2.04. The van der Waals surface area contributed by atoms with E-state index >= 15 is 0 Å². The van der Waals surface area contributed by atoms with E-state index in [1.54, 1.807) is 0 Å². The molecule has 0 aromatic heterocycles. The summed E-state index contributed by atoms with van der Waals surface area (Å²) in [7, 11) is 0. The quantitative estimate of drug-likeness (QED) is 0.608. The van der Waals surface area contributed by atoms with Gasteiger partial charge in [-0.2, -0.15) is 0 Å². The van der Waals surface area contributed by atoms with Gasteiger partial charge in [-0.1, -0.05) is 48.6 Å². The normalized spacial score (nSPS) is 9.69. The van der Waals surface area contributed by atoms with Gasteiger partial charge in [0.05, 0.1) is 0 Å². The minimum Gasteiger partial charge on any atom is -0.0998 e. The molecule has 0 unspecified atom stereocenters. The molecule has 0 aliphatic rings. The van der Waals surface area contributed by atoms with Crippen molar-refractivity contribution in [3.63, 3.8) is 0 Å². The average Bonchev–Trinajstić information content (AvgIpc) is 2.03. The molecule has 0 aliphatic heterocycles. The second kappa shape index (κ2) is 4.08. The summed E-state index contributed by atoms with van der Waals surface area (Å²) in [6, 6.07) is 8.46. The smallest absolute Gasteiger partial charge is 0.00724 e. The molecule has 0 saturated carbocycles. The summed E-state index contributed by atoms with van der Waals surface area (Å²) in [5.41, 5.74) is 4.84. The van der Waals surface area contributed by atoms with Crippen molar-refractivity contribution in [2.45, 2.75) is 20.3 Å². The second-order valence-electron chi connectivity index (χ2n) is 3.61. The Morgan fingerprint density at radius 1 is 1.23 bits per heavy atom. The molecule has 0 heterocycles. The Balaban J connectivity index is 2.91. The van der Waals surface area contributed by atoms with E-state index in [9.17, 15) is 0 Å². The standard InChI is InChI=1S/C13H16/c1-10(2)8-12-6-5-7-13(9-12)11(3)4/h5-7,9H,1,3,8H2,2,4H3. The topological polar surface area (TPSA) is 0 Å². The lowest BCUT2D eigenvalue weighted by molar-refractivity contribution is 1.15. The van der Waals surface area contributed by atoms with E-state index in [0.717, 1.165) is 12.0 Å². The predicted molar refractivity (Wildman–Crippen MR) is 59.7 cm³/mol. The predicted octanol–water partition coefficient (Wildman–Crippen LogP) is 3.84. The molecular formula is C13H16. The molecule has 0 saturated heterocycles. The van der Waals surface area contributed by atoms with E-state index in [-0.39, 0.29) is 0 Å². The molecule has 0 N–H and O–H groups in total. The van der Waals surface area contributed by atoms with Gasteiger partial charge in [0.1, 0.15) is 0 Å². The van der Waals surface area contributed by atoms with Crippen molar-refractivity contribution < 1.29 is 0 Å². The molecular weight excluding hydrogens is 156 g/mol. The van der Waals surface area contributed by atoms with Crippen LogP contribution < -0.4 is 0 Å². The minimum absolute atomic E-state index is 0.959. The van der Waals surface area contributed by atoms with Gasteiger partial charge in [-0.05, 0) is 31.4 Å². The Morgan fingerprint density at radius 3 is 2.46 bits per heavy atom. The van der Waals surface area contributed by atoms with Crippen molar-refractivity contribution in [2.24, 2.45) is 0 Å². The molecule has 0 aliphatic carbocycles. The Bertz CT molecular complexity index is 332. The van der Waals surface area contributed by atoms with Crippen LogP contribution in [0.15, 0.2) is 43.0 Å². The van der Waals surface area contributed by atoms with E-state index in [1.165, 1.54) is 16.7 Å². The van der Waals surface area contributed by atoms with Gasteiger partial charge in [0.15, 0.2) is 0 Å². The number of hydrogen-bond acceptors (Lipinski definition) is 0. The molecule has 1 aromatic rings. The van der Waals surface area contributed by atoms with Crippen LogP contribution in [0.5, 0.6) is 0 Å². The molecule has 0 amide bonds. The van der Waals surface area contributed by atoms with Crippen LogP contribution in [0.2, 0.25) is 0 Å². The molecule has 13 heavy (non-hydrogen) atoms. The summed E-state index contributed by atoms with van der Waals surface area (Å²) < 4.78 is 0. The van der Waals surface area contributed by atoms with Crippen LogP contribution in [0, 0.1) is 0 Å². The van der Waals surface area contributed by atoms with Gasteiger partial charge < -0.3 is 0 Å². The van der Waals surface area contributed by atoms with E-state index in [1.807, 2.05) is 13.8 Å². The largest absolute Gasteiger partial charge is 0.0998 e. The molecule has 0 spiro atoms. The van der Waals surface area contributed by atoms with Gasteiger partial charge in [0.2, 0.25) is 0 Å². The number of rotatable bonds is 3. The molecule has 0 radical (unpaired) electrons. The summed E-state index contributed by atoms with van der Waals surface area (Å²) in [6.45, 7) is 11.9. The highest BCUT2D eigenvalue weighted by atomic mass is 14.0. The van der Waals surface area contributed by atoms with Crippen LogP contribution in [0.25, 0.3) is 5.57 Å². The fraction of sp³-hybridized carbons (Fsp3) is 0.231. The molecule has 1 rings (SSSR count). The third kappa shape index (κ3) is 2.90. The first-order chi connectivity index (χ1) is 6.09. The van der Waals surface area contributed by atoms with Crippen LogP contribution in [-0.4, -0.2) is 0 Å². The summed E-state index contributed by atoms with van der Waals surface area (Å²) in [6.07, 6.45) is 0.959. The number of allylic oxidation sites excluding steroid dienone is 2. The van der Waals surface area contributed by atoms with E-state index in [4.69, 9.17) is 0 Å². The van der Waals surface area contributed by atoms with Gasteiger partial charge >= 0.3 is 0 Å². The summed E-state index contributed by atoms with van der Waals surface area (Å²) in [4.78, 5) is 0. The molecule has 0 heteroatoms. The molecule has 0 atom stereocenters. The van der Waals surface area contributed by atoms with E-state index < -0.39 is 0 Å². The first-order valence-corrected chi connectivity index (χ1v) is 4.49. The highest BCUT2D eigenvalue weighted by Gasteiger charge is 1.96. The zero-order chi connectivity index (χ0) is 9.84. The lowest BCUT2D eigenvalue weighted by Crippen LogP contribution is -1.87.